The van der Waals surface area contributed by atoms with Gasteiger partial charge < -0.3 is 9.64 Å². The number of pyridine rings is 1. The molecule has 4 nitrogen and oxygen atoms in total. The molecule has 1 aliphatic heterocycles. The smallest absolute Gasteiger partial charge is 0.128 e. The Kier molecular flexibility index (Phi) is 3.98. The van der Waals surface area contributed by atoms with E-state index < -0.39 is 0 Å². The first-order valence-corrected chi connectivity index (χ1v) is 7.85. The van der Waals surface area contributed by atoms with Crippen molar-refractivity contribution in [2.45, 2.75) is 20.3 Å². The fourth-order valence-corrected chi connectivity index (χ4v) is 3.36. The Labute approximate surface area is 123 Å². The van der Waals surface area contributed by atoms with Gasteiger partial charge in [0.25, 0.3) is 0 Å². The van der Waals surface area contributed by atoms with Gasteiger partial charge in [0.05, 0.1) is 18.9 Å². The van der Waals surface area contributed by atoms with E-state index in [4.69, 9.17) is 4.74 Å². The van der Waals surface area contributed by atoms with Gasteiger partial charge in [-0.3, -0.25) is 0 Å². The quantitative estimate of drug-likeness (QED) is 0.871. The highest BCUT2D eigenvalue weighted by molar-refractivity contribution is 7.15. The highest BCUT2D eigenvalue weighted by Gasteiger charge is 2.13. The second-order valence-electron chi connectivity index (χ2n) is 4.88. The van der Waals surface area contributed by atoms with E-state index in [-0.39, 0.29) is 0 Å². The molecule has 0 radical (unpaired) electrons. The first-order chi connectivity index (χ1) is 9.78. The fraction of sp³-hybridized carbons (Fsp3) is 0.467. The Morgan fingerprint density at radius 1 is 1.30 bits per heavy atom. The first kappa shape index (κ1) is 13.5. The van der Waals surface area contributed by atoms with Crippen molar-refractivity contribution in [3.05, 3.63) is 28.9 Å². The third kappa shape index (κ3) is 2.69. The van der Waals surface area contributed by atoms with Gasteiger partial charge in [-0.25, -0.2) is 9.97 Å². The van der Waals surface area contributed by atoms with E-state index in [2.05, 4.69) is 40.8 Å². The molecule has 0 bridgehead atoms. The van der Waals surface area contributed by atoms with E-state index in [1.165, 1.54) is 10.6 Å². The predicted molar refractivity (Wildman–Crippen MR) is 82.5 cm³/mol. The Bertz CT molecular complexity index is 573. The first-order valence-electron chi connectivity index (χ1n) is 7.03. The van der Waals surface area contributed by atoms with Crippen LogP contribution < -0.4 is 4.90 Å². The van der Waals surface area contributed by atoms with E-state index in [1.54, 1.807) is 11.3 Å². The lowest BCUT2D eigenvalue weighted by Crippen LogP contribution is -2.36. The van der Waals surface area contributed by atoms with E-state index >= 15 is 0 Å². The molecule has 3 rings (SSSR count). The Hall–Kier alpha value is -1.46. The summed E-state index contributed by atoms with van der Waals surface area (Å²) in [6.07, 6.45) is 2.92. The molecule has 1 saturated heterocycles. The number of morpholine rings is 1. The van der Waals surface area contributed by atoms with Crippen LogP contribution in [0.5, 0.6) is 0 Å². The molecule has 0 aromatic carbocycles. The summed E-state index contributed by atoms with van der Waals surface area (Å²) in [5.74, 6) is 1.03. The summed E-state index contributed by atoms with van der Waals surface area (Å²) in [6, 6.07) is 4.21. The molecule has 20 heavy (non-hydrogen) atoms. The van der Waals surface area contributed by atoms with E-state index in [9.17, 15) is 0 Å². The van der Waals surface area contributed by atoms with Crippen LogP contribution in [-0.4, -0.2) is 36.3 Å². The molecule has 1 fully saturated rings. The maximum atomic E-state index is 5.36. The van der Waals surface area contributed by atoms with Crippen LogP contribution in [0.4, 0.5) is 5.82 Å². The highest BCUT2D eigenvalue weighted by atomic mass is 32.1. The van der Waals surface area contributed by atoms with Crippen molar-refractivity contribution >= 4 is 17.2 Å². The van der Waals surface area contributed by atoms with Crippen LogP contribution >= 0.6 is 11.3 Å². The molecule has 106 valence electrons. The minimum atomic E-state index is 0.787. The number of rotatable bonds is 3. The molecule has 0 amide bonds. The second kappa shape index (κ2) is 5.89. The summed E-state index contributed by atoms with van der Waals surface area (Å²) in [5.41, 5.74) is 2.30. The average molecular weight is 289 g/mol. The molecular formula is C15H19N3OS. The van der Waals surface area contributed by atoms with Crippen LogP contribution in [0.25, 0.3) is 10.6 Å². The van der Waals surface area contributed by atoms with Gasteiger partial charge in [-0.1, -0.05) is 6.92 Å². The minimum Gasteiger partial charge on any atom is -0.378 e. The van der Waals surface area contributed by atoms with Crippen molar-refractivity contribution in [3.8, 4) is 10.6 Å². The Balaban J connectivity index is 1.81. The Morgan fingerprint density at radius 2 is 2.10 bits per heavy atom. The molecule has 0 aliphatic carbocycles. The van der Waals surface area contributed by atoms with Gasteiger partial charge >= 0.3 is 0 Å². The standard InChI is InChI=1S/C15H19N3OS/c1-3-13-11(2)20-15(17-13)12-4-5-14(16-10-12)18-6-8-19-9-7-18/h4-5,10H,3,6-9H2,1-2H3. The van der Waals surface area contributed by atoms with Crippen LogP contribution in [0.2, 0.25) is 0 Å². The van der Waals surface area contributed by atoms with Gasteiger partial charge in [-0.15, -0.1) is 11.3 Å². The van der Waals surface area contributed by atoms with Crippen LogP contribution in [0.1, 0.15) is 17.5 Å². The van der Waals surface area contributed by atoms with Crippen LogP contribution in [0.15, 0.2) is 18.3 Å². The van der Waals surface area contributed by atoms with E-state index in [1.807, 2.05) is 6.20 Å². The summed E-state index contributed by atoms with van der Waals surface area (Å²) in [7, 11) is 0. The van der Waals surface area contributed by atoms with Gasteiger partial charge in [0.15, 0.2) is 0 Å². The van der Waals surface area contributed by atoms with Crippen molar-refractivity contribution in [2.24, 2.45) is 0 Å². The van der Waals surface area contributed by atoms with Crippen molar-refractivity contribution in [2.75, 3.05) is 31.2 Å². The molecule has 1 aliphatic rings. The number of ether oxygens (including phenoxy) is 1. The fourth-order valence-electron chi connectivity index (χ4n) is 2.37. The number of thiazole rings is 1. The maximum Gasteiger partial charge on any atom is 0.128 e. The second-order valence-corrected chi connectivity index (χ2v) is 6.08. The van der Waals surface area contributed by atoms with Gasteiger partial charge in [0.1, 0.15) is 10.8 Å². The van der Waals surface area contributed by atoms with Crippen molar-refractivity contribution in [3.63, 3.8) is 0 Å². The lowest BCUT2D eigenvalue weighted by Gasteiger charge is -2.27. The summed E-state index contributed by atoms with van der Waals surface area (Å²) in [4.78, 5) is 12.8. The molecule has 0 unspecified atom stereocenters. The highest BCUT2D eigenvalue weighted by Crippen LogP contribution is 2.28. The van der Waals surface area contributed by atoms with Crippen molar-refractivity contribution in [1.82, 2.24) is 9.97 Å². The molecule has 0 atom stereocenters. The van der Waals surface area contributed by atoms with Crippen molar-refractivity contribution in [1.29, 1.82) is 0 Å². The molecule has 0 saturated carbocycles. The van der Waals surface area contributed by atoms with Gasteiger partial charge in [-0.05, 0) is 25.5 Å². The zero-order valence-electron chi connectivity index (χ0n) is 11.9. The minimum absolute atomic E-state index is 0.787. The van der Waals surface area contributed by atoms with Crippen LogP contribution in [-0.2, 0) is 11.2 Å². The summed E-state index contributed by atoms with van der Waals surface area (Å²) in [5, 5.41) is 1.07. The summed E-state index contributed by atoms with van der Waals surface area (Å²) >= 11 is 1.75. The number of anilines is 1. The monoisotopic (exact) mass is 289 g/mol. The molecule has 2 aromatic heterocycles. The number of aryl methyl sites for hydroxylation is 2. The molecular weight excluding hydrogens is 270 g/mol. The topological polar surface area (TPSA) is 38.2 Å². The summed E-state index contributed by atoms with van der Waals surface area (Å²) < 4.78 is 5.36. The lowest BCUT2D eigenvalue weighted by atomic mass is 10.2. The van der Waals surface area contributed by atoms with Crippen molar-refractivity contribution < 1.29 is 4.74 Å². The largest absolute Gasteiger partial charge is 0.378 e. The molecule has 3 heterocycles. The zero-order chi connectivity index (χ0) is 13.9. The van der Waals surface area contributed by atoms with E-state index in [0.29, 0.717) is 0 Å². The number of aromatic nitrogens is 2. The third-order valence-electron chi connectivity index (χ3n) is 3.56. The van der Waals surface area contributed by atoms with Gasteiger partial charge in [0, 0.05) is 29.7 Å². The normalized spacial score (nSPS) is 15.6. The maximum absolute atomic E-state index is 5.36. The molecule has 0 N–H and O–H groups in total. The summed E-state index contributed by atoms with van der Waals surface area (Å²) in [6.45, 7) is 7.69. The van der Waals surface area contributed by atoms with Gasteiger partial charge in [-0.2, -0.15) is 0 Å². The average Bonchev–Trinajstić information content (AvgIpc) is 2.89. The third-order valence-corrected chi connectivity index (χ3v) is 4.62. The predicted octanol–water partition coefficient (Wildman–Crippen LogP) is 2.91. The van der Waals surface area contributed by atoms with Gasteiger partial charge in [0.2, 0.25) is 0 Å². The van der Waals surface area contributed by atoms with E-state index in [0.717, 1.165) is 49.1 Å². The van der Waals surface area contributed by atoms with Crippen LogP contribution in [0.3, 0.4) is 0 Å². The molecule has 2 aromatic rings. The molecule has 5 heteroatoms. The number of hydrogen-bond donors (Lipinski definition) is 0. The number of hydrogen-bond acceptors (Lipinski definition) is 5. The number of nitrogens with zero attached hydrogens (tertiary/aromatic N) is 3. The zero-order valence-corrected chi connectivity index (χ0v) is 12.7. The lowest BCUT2D eigenvalue weighted by molar-refractivity contribution is 0.122. The SMILES string of the molecule is CCc1nc(-c2ccc(N3CCOCC3)nc2)sc1C. The van der Waals surface area contributed by atoms with Crippen LogP contribution in [0, 0.1) is 6.92 Å². The Morgan fingerprint density at radius 3 is 2.70 bits per heavy atom. The molecule has 0 spiro atoms.